The van der Waals surface area contributed by atoms with Crippen molar-refractivity contribution in [2.24, 2.45) is 0 Å². The highest BCUT2D eigenvalue weighted by molar-refractivity contribution is 6.33. The lowest BCUT2D eigenvalue weighted by molar-refractivity contribution is 0.0263. The normalized spacial score (nSPS) is 18.4. The van der Waals surface area contributed by atoms with Crippen molar-refractivity contribution in [3.05, 3.63) is 22.8 Å². The molecule has 0 bridgehead atoms. The van der Waals surface area contributed by atoms with Gasteiger partial charge in [-0.15, -0.1) is 0 Å². The minimum Gasteiger partial charge on any atom is -0.444 e. The number of amides is 2. The molecule has 0 spiro atoms. The molecule has 3 rings (SSSR count). The van der Waals surface area contributed by atoms with E-state index in [4.69, 9.17) is 16.3 Å². The third kappa shape index (κ3) is 5.75. The van der Waals surface area contributed by atoms with Gasteiger partial charge in [-0.1, -0.05) is 11.6 Å². The van der Waals surface area contributed by atoms with Crippen LogP contribution in [0.4, 0.5) is 10.6 Å². The first-order chi connectivity index (χ1) is 13.7. The monoisotopic (exact) mass is 422 g/mol. The number of rotatable bonds is 2. The molecule has 2 saturated heterocycles. The predicted molar refractivity (Wildman–Crippen MR) is 114 cm³/mol. The van der Waals surface area contributed by atoms with Crippen LogP contribution in [0.3, 0.4) is 0 Å². The SMILES string of the molecule is CC(C)(C)OC(=O)N1CCCN(c2ncc(C(=O)N3CCCCC3)cc2Cl)CC1. The summed E-state index contributed by atoms with van der Waals surface area (Å²) in [5.41, 5.74) is 0.0239. The van der Waals surface area contributed by atoms with Crippen LogP contribution in [0, 0.1) is 0 Å². The second-order valence-electron chi connectivity index (χ2n) is 8.69. The molecule has 160 valence electrons. The summed E-state index contributed by atoms with van der Waals surface area (Å²) >= 11 is 6.50. The Morgan fingerprint density at radius 3 is 2.31 bits per heavy atom. The molecule has 0 unspecified atom stereocenters. The minimum absolute atomic E-state index is 0.00221. The van der Waals surface area contributed by atoms with Crippen molar-refractivity contribution in [1.29, 1.82) is 0 Å². The number of carbonyl (C=O) groups excluding carboxylic acids is 2. The third-order valence-electron chi connectivity index (χ3n) is 5.16. The number of ether oxygens (including phenoxy) is 1. The molecule has 0 N–H and O–H groups in total. The largest absolute Gasteiger partial charge is 0.444 e. The van der Waals surface area contributed by atoms with Crippen LogP contribution >= 0.6 is 11.6 Å². The van der Waals surface area contributed by atoms with Gasteiger partial charge in [0.25, 0.3) is 5.91 Å². The summed E-state index contributed by atoms with van der Waals surface area (Å²) in [6.07, 6.45) is 5.40. The molecule has 2 fully saturated rings. The Bertz CT molecular complexity index is 744. The smallest absolute Gasteiger partial charge is 0.410 e. The molecule has 2 amide bonds. The van der Waals surface area contributed by atoms with Crippen LogP contribution < -0.4 is 4.90 Å². The summed E-state index contributed by atoms with van der Waals surface area (Å²) in [4.78, 5) is 35.2. The van der Waals surface area contributed by atoms with Crippen LogP contribution in [-0.2, 0) is 4.74 Å². The van der Waals surface area contributed by atoms with Crippen molar-refractivity contribution in [3.8, 4) is 0 Å². The quantitative estimate of drug-likeness (QED) is 0.725. The molecule has 0 aliphatic carbocycles. The van der Waals surface area contributed by atoms with Crippen molar-refractivity contribution in [2.75, 3.05) is 44.2 Å². The summed E-state index contributed by atoms with van der Waals surface area (Å²) in [6.45, 7) is 9.73. The van der Waals surface area contributed by atoms with E-state index in [-0.39, 0.29) is 12.0 Å². The highest BCUT2D eigenvalue weighted by Crippen LogP contribution is 2.26. The van der Waals surface area contributed by atoms with E-state index in [0.29, 0.717) is 36.0 Å². The molecule has 0 saturated carbocycles. The number of hydrogen-bond donors (Lipinski definition) is 0. The van der Waals surface area contributed by atoms with Gasteiger partial charge in [0.2, 0.25) is 0 Å². The molecule has 7 nitrogen and oxygen atoms in total. The first-order valence-electron chi connectivity index (χ1n) is 10.4. The molecule has 0 radical (unpaired) electrons. The lowest BCUT2D eigenvalue weighted by Gasteiger charge is -2.27. The molecule has 0 aromatic carbocycles. The average Bonchev–Trinajstić information content (AvgIpc) is 2.93. The minimum atomic E-state index is -0.509. The van der Waals surface area contributed by atoms with Gasteiger partial charge in [0.1, 0.15) is 11.4 Å². The zero-order chi connectivity index (χ0) is 21.0. The Hall–Kier alpha value is -2.02. The Labute approximate surface area is 177 Å². The lowest BCUT2D eigenvalue weighted by atomic mass is 10.1. The summed E-state index contributed by atoms with van der Waals surface area (Å²) in [6, 6.07) is 1.72. The fourth-order valence-electron chi connectivity index (χ4n) is 3.70. The fourth-order valence-corrected chi connectivity index (χ4v) is 3.98. The third-order valence-corrected chi connectivity index (χ3v) is 5.44. The van der Waals surface area contributed by atoms with Gasteiger partial charge >= 0.3 is 6.09 Å². The molecule has 2 aliphatic rings. The highest BCUT2D eigenvalue weighted by atomic mass is 35.5. The van der Waals surface area contributed by atoms with Gasteiger partial charge in [-0.05, 0) is 52.5 Å². The van der Waals surface area contributed by atoms with Crippen LogP contribution in [-0.4, -0.2) is 71.7 Å². The van der Waals surface area contributed by atoms with Crippen molar-refractivity contribution in [2.45, 2.75) is 52.1 Å². The van der Waals surface area contributed by atoms with E-state index in [0.717, 1.165) is 38.9 Å². The number of aromatic nitrogens is 1. The summed E-state index contributed by atoms with van der Waals surface area (Å²) in [5.74, 6) is 0.658. The van der Waals surface area contributed by atoms with Crippen molar-refractivity contribution >= 4 is 29.4 Å². The second kappa shape index (κ2) is 9.20. The van der Waals surface area contributed by atoms with E-state index >= 15 is 0 Å². The number of pyridine rings is 1. The van der Waals surface area contributed by atoms with Gasteiger partial charge in [0.05, 0.1) is 10.6 Å². The van der Waals surface area contributed by atoms with E-state index in [9.17, 15) is 9.59 Å². The first-order valence-corrected chi connectivity index (χ1v) is 10.8. The predicted octanol–water partition coefficient (Wildman–Crippen LogP) is 3.81. The zero-order valence-corrected chi connectivity index (χ0v) is 18.4. The van der Waals surface area contributed by atoms with E-state index < -0.39 is 5.60 Å². The summed E-state index contributed by atoms with van der Waals surface area (Å²) in [5, 5.41) is 0.471. The number of halogens is 1. The van der Waals surface area contributed by atoms with Gasteiger partial charge in [-0.25, -0.2) is 9.78 Å². The fraction of sp³-hybridized carbons (Fsp3) is 0.667. The van der Waals surface area contributed by atoms with Crippen LogP contribution in [0.5, 0.6) is 0 Å². The van der Waals surface area contributed by atoms with Gasteiger partial charge in [0.15, 0.2) is 0 Å². The number of anilines is 1. The van der Waals surface area contributed by atoms with E-state index in [2.05, 4.69) is 9.88 Å². The van der Waals surface area contributed by atoms with Crippen LogP contribution in [0.1, 0.15) is 56.8 Å². The summed E-state index contributed by atoms with van der Waals surface area (Å²) < 4.78 is 5.48. The van der Waals surface area contributed by atoms with Gasteiger partial charge in [0, 0.05) is 45.5 Å². The number of likely N-dealkylation sites (tertiary alicyclic amines) is 1. The van der Waals surface area contributed by atoms with Crippen LogP contribution in [0.2, 0.25) is 5.02 Å². The molecule has 0 atom stereocenters. The highest BCUT2D eigenvalue weighted by Gasteiger charge is 2.26. The second-order valence-corrected chi connectivity index (χ2v) is 9.10. The van der Waals surface area contributed by atoms with Crippen LogP contribution in [0.15, 0.2) is 12.3 Å². The van der Waals surface area contributed by atoms with E-state index in [1.165, 1.54) is 6.42 Å². The van der Waals surface area contributed by atoms with E-state index in [1.807, 2.05) is 25.7 Å². The van der Waals surface area contributed by atoms with Crippen molar-refractivity contribution in [1.82, 2.24) is 14.8 Å². The molecular weight excluding hydrogens is 392 g/mol. The number of hydrogen-bond acceptors (Lipinski definition) is 5. The molecule has 1 aromatic rings. The molecule has 1 aromatic heterocycles. The van der Waals surface area contributed by atoms with Gasteiger partial charge in [-0.2, -0.15) is 0 Å². The lowest BCUT2D eigenvalue weighted by Crippen LogP contribution is -2.39. The zero-order valence-electron chi connectivity index (χ0n) is 17.6. The number of carbonyl (C=O) groups is 2. The molecule has 29 heavy (non-hydrogen) atoms. The first kappa shape index (κ1) is 21.7. The molecule has 3 heterocycles. The average molecular weight is 423 g/mol. The van der Waals surface area contributed by atoms with Crippen LogP contribution in [0.25, 0.3) is 0 Å². The van der Waals surface area contributed by atoms with Gasteiger partial charge < -0.3 is 19.4 Å². The molecule has 8 heteroatoms. The standard InChI is InChI=1S/C21H31ClN4O3/c1-21(2,3)29-20(28)26-11-7-10-24(12-13-26)18-17(22)14-16(15-23-18)19(27)25-8-5-4-6-9-25/h14-15H,4-13H2,1-3H3. The maximum atomic E-state index is 12.7. The molecule has 2 aliphatic heterocycles. The number of piperidine rings is 1. The topological polar surface area (TPSA) is 66.0 Å². The maximum absolute atomic E-state index is 12.7. The Balaban J connectivity index is 1.64. The van der Waals surface area contributed by atoms with Crippen molar-refractivity contribution in [3.63, 3.8) is 0 Å². The maximum Gasteiger partial charge on any atom is 0.410 e. The Morgan fingerprint density at radius 2 is 1.66 bits per heavy atom. The van der Waals surface area contributed by atoms with Gasteiger partial charge in [-0.3, -0.25) is 4.79 Å². The molecular formula is C21H31ClN4O3. The Kier molecular flexibility index (Phi) is 6.88. The van der Waals surface area contributed by atoms with E-state index in [1.54, 1.807) is 17.2 Å². The summed E-state index contributed by atoms with van der Waals surface area (Å²) in [7, 11) is 0. The Morgan fingerprint density at radius 1 is 0.966 bits per heavy atom. The van der Waals surface area contributed by atoms with Crippen molar-refractivity contribution < 1.29 is 14.3 Å². The number of nitrogens with zero attached hydrogens (tertiary/aromatic N) is 4.